The van der Waals surface area contributed by atoms with E-state index in [0.717, 1.165) is 17.5 Å². The van der Waals surface area contributed by atoms with E-state index in [4.69, 9.17) is 9.47 Å². The van der Waals surface area contributed by atoms with Gasteiger partial charge in [-0.1, -0.05) is 17.7 Å². The Kier molecular flexibility index (Phi) is 6.08. The second-order valence-electron chi connectivity index (χ2n) is 6.68. The van der Waals surface area contributed by atoms with Crippen LogP contribution in [-0.2, 0) is 14.8 Å². The average Bonchev–Trinajstić information content (AvgIpc) is 2.66. The van der Waals surface area contributed by atoms with Crippen molar-refractivity contribution < 1.29 is 22.7 Å². The van der Waals surface area contributed by atoms with Crippen molar-refractivity contribution in [1.82, 2.24) is 0 Å². The van der Waals surface area contributed by atoms with Gasteiger partial charge in [0.25, 0.3) is 0 Å². The van der Waals surface area contributed by atoms with Crippen LogP contribution in [0.15, 0.2) is 42.5 Å². The fraction of sp³-hybridized carbons (Fsp3) is 0.350. The normalized spacial score (nSPS) is 13.1. The summed E-state index contributed by atoms with van der Waals surface area (Å²) in [5.41, 5.74) is 2.33. The van der Waals surface area contributed by atoms with Crippen LogP contribution in [0.4, 0.5) is 11.4 Å². The van der Waals surface area contributed by atoms with Crippen LogP contribution in [0.3, 0.4) is 0 Å². The number of sulfonamides is 1. The van der Waals surface area contributed by atoms with Crippen molar-refractivity contribution in [3.05, 3.63) is 48.0 Å². The number of ether oxygens (including phenoxy) is 2. The van der Waals surface area contributed by atoms with E-state index < -0.39 is 10.0 Å². The molecule has 7 nitrogen and oxygen atoms in total. The Morgan fingerprint density at radius 1 is 1.07 bits per heavy atom. The first-order valence-electron chi connectivity index (χ1n) is 9.07. The lowest BCUT2D eigenvalue weighted by atomic mass is 10.2. The number of benzene rings is 2. The highest BCUT2D eigenvalue weighted by atomic mass is 32.2. The molecule has 0 aromatic heterocycles. The molecule has 150 valence electrons. The van der Waals surface area contributed by atoms with Crippen LogP contribution in [0, 0.1) is 6.92 Å². The number of carbonyl (C=O) groups is 1. The van der Waals surface area contributed by atoms with Gasteiger partial charge in [-0.3, -0.25) is 9.10 Å². The number of fused-ring (bicyclic) bond motifs is 1. The fourth-order valence-electron chi connectivity index (χ4n) is 2.92. The van der Waals surface area contributed by atoms with Crippen LogP contribution in [0.2, 0.25) is 0 Å². The Labute approximate surface area is 165 Å². The van der Waals surface area contributed by atoms with E-state index in [2.05, 4.69) is 5.32 Å². The summed E-state index contributed by atoms with van der Waals surface area (Å²) in [6.07, 6.45) is 1.75. The van der Waals surface area contributed by atoms with Crippen LogP contribution < -0.4 is 19.1 Å². The van der Waals surface area contributed by atoms with Crippen LogP contribution >= 0.6 is 0 Å². The highest BCUT2D eigenvalue weighted by Crippen LogP contribution is 2.34. The van der Waals surface area contributed by atoms with Gasteiger partial charge in [0.15, 0.2) is 11.5 Å². The van der Waals surface area contributed by atoms with Gasteiger partial charge in [0.1, 0.15) is 13.2 Å². The highest BCUT2D eigenvalue weighted by molar-refractivity contribution is 7.92. The largest absolute Gasteiger partial charge is 0.486 e. The van der Waals surface area contributed by atoms with Crippen LogP contribution in [0.25, 0.3) is 0 Å². The summed E-state index contributed by atoms with van der Waals surface area (Å²) in [4.78, 5) is 12.1. The fourth-order valence-corrected chi connectivity index (χ4v) is 3.87. The first-order chi connectivity index (χ1) is 13.3. The van der Waals surface area contributed by atoms with Crippen LogP contribution in [0.1, 0.15) is 18.4 Å². The smallest absolute Gasteiger partial charge is 0.232 e. The molecule has 1 N–H and O–H groups in total. The number of rotatable bonds is 7. The SMILES string of the molecule is Cc1ccc(NC(=O)CCCN(c2ccc3c(c2)OCCO3)S(C)(=O)=O)cc1. The van der Waals surface area contributed by atoms with E-state index >= 15 is 0 Å². The molecule has 1 heterocycles. The van der Waals surface area contributed by atoms with E-state index in [9.17, 15) is 13.2 Å². The topological polar surface area (TPSA) is 84.9 Å². The number of hydrogen-bond donors (Lipinski definition) is 1. The number of hydrogen-bond acceptors (Lipinski definition) is 5. The summed E-state index contributed by atoms with van der Waals surface area (Å²) in [6.45, 7) is 3.07. The number of amides is 1. The summed E-state index contributed by atoms with van der Waals surface area (Å²) in [5.74, 6) is 0.968. The molecule has 2 aromatic rings. The molecule has 2 aromatic carbocycles. The average molecular weight is 404 g/mol. The lowest BCUT2D eigenvalue weighted by Crippen LogP contribution is -2.31. The monoisotopic (exact) mass is 404 g/mol. The summed E-state index contributed by atoms with van der Waals surface area (Å²) in [6, 6.07) is 12.6. The molecular formula is C20H24N2O5S. The predicted octanol–water partition coefficient (Wildman–Crippen LogP) is 2.95. The molecule has 0 aliphatic carbocycles. The van der Waals surface area contributed by atoms with E-state index in [1.807, 2.05) is 31.2 Å². The number of carbonyl (C=O) groups excluding carboxylic acids is 1. The van der Waals surface area contributed by atoms with Crippen molar-refractivity contribution in [3.8, 4) is 11.5 Å². The van der Waals surface area contributed by atoms with Gasteiger partial charge in [-0.05, 0) is 37.6 Å². The molecule has 1 aliphatic heterocycles. The molecule has 0 radical (unpaired) electrons. The minimum absolute atomic E-state index is 0.153. The van der Waals surface area contributed by atoms with Gasteiger partial charge in [-0.2, -0.15) is 0 Å². The Morgan fingerprint density at radius 3 is 2.43 bits per heavy atom. The van der Waals surface area contributed by atoms with Gasteiger partial charge in [-0.15, -0.1) is 0 Å². The van der Waals surface area contributed by atoms with Crippen LogP contribution in [0.5, 0.6) is 11.5 Å². The number of nitrogens with one attached hydrogen (secondary N) is 1. The molecule has 0 saturated carbocycles. The molecule has 0 fully saturated rings. The quantitative estimate of drug-likeness (QED) is 0.767. The summed E-state index contributed by atoms with van der Waals surface area (Å²) in [7, 11) is -3.50. The van der Waals surface area contributed by atoms with Gasteiger partial charge in [0.2, 0.25) is 15.9 Å². The first-order valence-corrected chi connectivity index (χ1v) is 10.9. The van der Waals surface area contributed by atoms with Gasteiger partial charge in [0, 0.05) is 24.7 Å². The second kappa shape index (κ2) is 8.52. The van der Waals surface area contributed by atoms with Crippen molar-refractivity contribution >= 4 is 27.3 Å². The van der Waals surface area contributed by atoms with Gasteiger partial charge in [-0.25, -0.2) is 8.42 Å². The zero-order valence-electron chi connectivity index (χ0n) is 16.0. The van der Waals surface area contributed by atoms with Crippen molar-refractivity contribution in [2.45, 2.75) is 19.8 Å². The van der Waals surface area contributed by atoms with Crippen molar-refractivity contribution in [1.29, 1.82) is 0 Å². The maximum absolute atomic E-state index is 12.3. The molecule has 1 amide bonds. The molecular weight excluding hydrogens is 380 g/mol. The van der Waals surface area contributed by atoms with Gasteiger partial charge < -0.3 is 14.8 Å². The molecule has 0 atom stereocenters. The summed E-state index contributed by atoms with van der Waals surface area (Å²) < 4.78 is 36.8. The molecule has 0 saturated heterocycles. The predicted molar refractivity (Wildman–Crippen MR) is 109 cm³/mol. The van der Waals surface area contributed by atoms with E-state index in [1.54, 1.807) is 18.2 Å². The highest BCUT2D eigenvalue weighted by Gasteiger charge is 2.21. The third-order valence-corrected chi connectivity index (χ3v) is 5.51. The van der Waals surface area contributed by atoms with Crippen molar-refractivity contribution in [2.24, 2.45) is 0 Å². The first kappa shape index (κ1) is 20.0. The lowest BCUT2D eigenvalue weighted by molar-refractivity contribution is -0.116. The van der Waals surface area contributed by atoms with Gasteiger partial charge in [0.05, 0.1) is 11.9 Å². The maximum atomic E-state index is 12.3. The van der Waals surface area contributed by atoms with E-state index in [-0.39, 0.29) is 18.9 Å². The minimum Gasteiger partial charge on any atom is -0.486 e. The Balaban J connectivity index is 1.62. The molecule has 8 heteroatoms. The van der Waals surface area contributed by atoms with Gasteiger partial charge >= 0.3 is 0 Å². The minimum atomic E-state index is -3.50. The number of nitrogens with zero attached hydrogens (tertiary/aromatic N) is 1. The standard InChI is InChI=1S/C20H24N2O5S/c1-15-5-7-16(8-6-15)21-20(23)4-3-11-22(28(2,24)25)17-9-10-18-19(14-17)27-13-12-26-18/h5-10,14H,3-4,11-13H2,1-2H3,(H,21,23). The van der Waals surface area contributed by atoms with E-state index in [1.165, 1.54) is 4.31 Å². The molecule has 1 aliphatic rings. The zero-order chi connectivity index (χ0) is 20.1. The summed E-state index contributed by atoms with van der Waals surface area (Å²) >= 11 is 0. The Morgan fingerprint density at radius 2 is 1.75 bits per heavy atom. The van der Waals surface area contributed by atoms with Crippen molar-refractivity contribution in [2.75, 3.05) is 35.6 Å². The molecule has 0 spiro atoms. The maximum Gasteiger partial charge on any atom is 0.232 e. The second-order valence-corrected chi connectivity index (χ2v) is 8.59. The Bertz CT molecular complexity index is 942. The molecule has 3 rings (SSSR count). The Hall–Kier alpha value is -2.74. The molecule has 0 bridgehead atoms. The number of anilines is 2. The lowest BCUT2D eigenvalue weighted by Gasteiger charge is -2.25. The third kappa shape index (κ3) is 5.16. The molecule has 0 unspecified atom stereocenters. The van der Waals surface area contributed by atoms with Crippen LogP contribution in [-0.4, -0.2) is 40.3 Å². The van der Waals surface area contributed by atoms with Crippen molar-refractivity contribution in [3.63, 3.8) is 0 Å². The van der Waals surface area contributed by atoms with E-state index in [0.29, 0.717) is 36.8 Å². The number of aryl methyl sites for hydroxylation is 1. The zero-order valence-corrected chi connectivity index (χ0v) is 16.8. The third-order valence-electron chi connectivity index (χ3n) is 4.31. The summed E-state index contributed by atoms with van der Waals surface area (Å²) in [5, 5.41) is 2.82. The molecule has 28 heavy (non-hydrogen) atoms.